The molecule has 12 heavy (non-hydrogen) atoms. The molecule has 1 fully saturated rings. The van der Waals surface area contributed by atoms with E-state index in [0.29, 0.717) is 0 Å². The first-order chi connectivity index (χ1) is 5.79. The van der Waals surface area contributed by atoms with Gasteiger partial charge in [-0.15, -0.1) is 6.58 Å². The maximum Gasteiger partial charge on any atom is 0.239 e. The summed E-state index contributed by atoms with van der Waals surface area (Å²) in [4.78, 5) is 13.4. The van der Waals surface area contributed by atoms with Gasteiger partial charge in [-0.1, -0.05) is 6.08 Å². The van der Waals surface area contributed by atoms with E-state index in [1.807, 2.05) is 18.0 Å². The second-order valence-corrected chi connectivity index (χ2v) is 3.03. The Morgan fingerprint density at radius 2 is 2.58 bits per heavy atom. The molecule has 1 heterocycles. The van der Waals surface area contributed by atoms with Crippen LogP contribution in [0.15, 0.2) is 12.7 Å². The first kappa shape index (κ1) is 9.26. The van der Waals surface area contributed by atoms with Crippen molar-refractivity contribution in [2.24, 2.45) is 0 Å². The number of amides is 1. The van der Waals surface area contributed by atoms with Gasteiger partial charge in [0.05, 0.1) is 6.04 Å². The summed E-state index contributed by atoms with van der Waals surface area (Å²) in [7, 11) is 1.83. The second-order valence-electron chi connectivity index (χ2n) is 3.03. The van der Waals surface area contributed by atoms with Crippen LogP contribution in [0.1, 0.15) is 12.8 Å². The minimum absolute atomic E-state index is 0.0508. The summed E-state index contributed by atoms with van der Waals surface area (Å²) in [5, 5.41) is 3.00. The van der Waals surface area contributed by atoms with Gasteiger partial charge in [0, 0.05) is 13.1 Å². The third-order valence-electron chi connectivity index (χ3n) is 2.25. The minimum Gasteiger partial charge on any atom is -0.341 e. The lowest BCUT2D eigenvalue weighted by molar-refractivity contribution is -0.129. The molecule has 0 spiro atoms. The maximum absolute atomic E-state index is 11.5. The molecule has 1 amide bonds. The monoisotopic (exact) mass is 168 g/mol. The zero-order valence-electron chi connectivity index (χ0n) is 7.55. The van der Waals surface area contributed by atoms with Crippen molar-refractivity contribution in [2.45, 2.75) is 18.9 Å². The average Bonchev–Trinajstić information content (AvgIpc) is 2.43. The molecule has 0 radical (unpaired) electrons. The van der Waals surface area contributed by atoms with E-state index >= 15 is 0 Å². The smallest absolute Gasteiger partial charge is 0.239 e. The molecule has 1 aliphatic heterocycles. The number of carbonyl (C=O) groups is 1. The van der Waals surface area contributed by atoms with Crippen molar-refractivity contribution in [3.8, 4) is 0 Å². The fourth-order valence-corrected chi connectivity index (χ4v) is 1.48. The highest BCUT2D eigenvalue weighted by Gasteiger charge is 2.29. The summed E-state index contributed by atoms with van der Waals surface area (Å²) in [6.07, 6.45) is 3.68. The molecular weight excluding hydrogens is 152 g/mol. The molecule has 0 aromatic rings. The Hall–Kier alpha value is -0.830. The summed E-state index contributed by atoms with van der Waals surface area (Å²) in [6.45, 7) is 5.34. The number of nitrogens with one attached hydrogen (secondary N) is 1. The zero-order chi connectivity index (χ0) is 8.97. The van der Waals surface area contributed by atoms with Crippen molar-refractivity contribution in [1.29, 1.82) is 0 Å². The number of hydrogen-bond acceptors (Lipinski definition) is 2. The Balaban J connectivity index is 2.38. The molecule has 1 unspecified atom stereocenters. The highest BCUT2D eigenvalue weighted by atomic mass is 16.2. The summed E-state index contributed by atoms with van der Waals surface area (Å²) in [5.74, 6) is 0.236. The van der Waals surface area contributed by atoms with Gasteiger partial charge in [0.25, 0.3) is 0 Å². The van der Waals surface area contributed by atoms with Crippen LogP contribution in [0.25, 0.3) is 0 Å². The van der Waals surface area contributed by atoms with Crippen LogP contribution in [-0.2, 0) is 4.79 Å². The van der Waals surface area contributed by atoms with Crippen molar-refractivity contribution in [1.82, 2.24) is 10.2 Å². The number of hydrogen-bond donors (Lipinski definition) is 1. The molecule has 1 atom stereocenters. The van der Waals surface area contributed by atoms with E-state index in [4.69, 9.17) is 0 Å². The fraction of sp³-hybridized carbons (Fsp3) is 0.667. The van der Waals surface area contributed by atoms with Crippen molar-refractivity contribution in [3.05, 3.63) is 12.7 Å². The van der Waals surface area contributed by atoms with Crippen molar-refractivity contribution < 1.29 is 4.79 Å². The Labute approximate surface area is 73.4 Å². The number of likely N-dealkylation sites (tertiary alicyclic amines) is 1. The molecule has 1 aliphatic rings. The number of rotatable bonds is 4. The Morgan fingerprint density at radius 3 is 3.08 bits per heavy atom. The molecule has 1 saturated heterocycles. The van der Waals surface area contributed by atoms with Gasteiger partial charge in [-0.3, -0.25) is 4.79 Å². The molecule has 3 heteroatoms. The normalized spacial score (nSPS) is 23.2. The highest BCUT2D eigenvalue weighted by molar-refractivity contribution is 5.83. The van der Waals surface area contributed by atoms with Crippen LogP contribution in [0.4, 0.5) is 0 Å². The Morgan fingerprint density at radius 1 is 1.83 bits per heavy atom. The van der Waals surface area contributed by atoms with E-state index in [0.717, 1.165) is 25.9 Å². The lowest BCUT2D eigenvalue weighted by atomic mass is 10.3. The first-order valence-electron chi connectivity index (χ1n) is 4.36. The van der Waals surface area contributed by atoms with Crippen molar-refractivity contribution >= 4 is 5.91 Å². The van der Waals surface area contributed by atoms with Gasteiger partial charge in [-0.25, -0.2) is 0 Å². The maximum atomic E-state index is 11.5. The Kier molecular flexibility index (Phi) is 3.29. The SMILES string of the molecule is C=CCCN1CCC(NC)C1=O. The number of nitrogens with zero attached hydrogens (tertiary/aromatic N) is 1. The van der Waals surface area contributed by atoms with Gasteiger partial charge in [-0.2, -0.15) is 0 Å². The van der Waals surface area contributed by atoms with Gasteiger partial charge >= 0.3 is 0 Å². The summed E-state index contributed by atoms with van der Waals surface area (Å²) >= 11 is 0. The standard InChI is InChI=1S/C9H16N2O/c1-3-4-6-11-7-5-8(10-2)9(11)12/h3,8,10H,1,4-7H2,2H3. The largest absolute Gasteiger partial charge is 0.341 e. The van der Waals surface area contributed by atoms with Crippen molar-refractivity contribution in [2.75, 3.05) is 20.1 Å². The zero-order valence-corrected chi connectivity index (χ0v) is 7.55. The van der Waals surface area contributed by atoms with Gasteiger partial charge in [0.2, 0.25) is 5.91 Å². The van der Waals surface area contributed by atoms with E-state index in [1.54, 1.807) is 0 Å². The third kappa shape index (κ3) is 1.85. The van der Waals surface area contributed by atoms with Crippen LogP contribution >= 0.6 is 0 Å². The molecule has 0 aromatic heterocycles. The summed E-state index contributed by atoms with van der Waals surface area (Å²) < 4.78 is 0. The molecule has 1 N–H and O–H groups in total. The third-order valence-corrected chi connectivity index (χ3v) is 2.25. The van der Waals surface area contributed by atoms with Crippen molar-refractivity contribution in [3.63, 3.8) is 0 Å². The van der Waals surface area contributed by atoms with Crippen LogP contribution in [0, 0.1) is 0 Å². The molecule has 0 bridgehead atoms. The van der Waals surface area contributed by atoms with Crippen LogP contribution in [0.2, 0.25) is 0 Å². The van der Waals surface area contributed by atoms with E-state index in [9.17, 15) is 4.79 Å². The molecule has 68 valence electrons. The highest BCUT2D eigenvalue weighted by Crippen LogP contribution is 2.10. The Bertz CT molecular complexity index is 179. The van der Waals surface area contributed by atoms with E-state index in [-0.39, 0.29) is 11.9 Å². The van der Waals surface area contributed by atoms with E-state index in [2.05, 4.69) is 11.9 Å². The topological polar surface area (TPSA) is 32.3 Å². The average molecular weight is 168 g/mol. The van der Waals surface area contributed by atoms with Crippen LogP contribution in [-0.4, -0.2) is 37.0 Å². The quantitative estimate of drug-likeness (QED) is 0.616. The van der Waals surface area contributed by atoms with Gasteiger partial charge in [-0.05, 0) is 19.9 Å². The summed E-state index contributed by atoms with van der Waals surface area (Å²) in [5.41, 5.74) is 0. The van der Waals surface area contributed by atoms with E-state index < -0.39 is 0 Å². The molecule has 0 aliphatic carbocycles. The predicted octanol–water partition coefficient (Wildman–Crippen LogP) is 0.383. The van der Waals surface area contributed by atoms with Crippen LogP contribution < -0.4 is 5.32 Å². The number of likely N-dealkylation sites (N-methyl/N-ethyl adjacent to an activating group) is 1. The number of carbonyl (C=O) groups excluding carboxylic acids is 1. The molecule has 3 nitrogen and oxygen atoms in total. The molecule has 1 rings (SSSR count). The first-order valence-corrected chi connectivity index (χ1v) is 4.36. The van der Waals surface area contributed by atoms with Gasteiger partial charge in [0.15, 0.2) is 0 Å². The van der Waals surface area contributed by atoms with Gasteiger partial charge < -0.3 is 10.2 Å². The second kappa shape index (κ2) is 4.26. The molecule has 0 aromatic carbocycles. The summed E-state index contributed by atoms with van der Waals surface area (Å²) in [6, 6.07) is 0.0508. The molecule has 0 saturated carbocycles. The minimum atomic E-state index is 0.0508. The van der Waals surface area contributed by atoms with Crippen LogP contribution in [0.3, 0.4) is 0 Å². The lowest BCUT2D eigenvalue weighted by Gasteiger charge is -2.14. The fourth-order valence-electron chi connectivity index (χ4n) is 1.48. The van der Waals surface area contributed by atoms with Crippen LogP contribution in [0.5, 0.6) is 0 Å². The lowest BCUT2D eigenvalue weighted by Crippen LogP contribution is -2.36. The molecular formula is C9H16N2O. The van der Waals surface area contributed by atoms with E-state index in [1.165, 1.54) is 0 Å². The van der Waals surface area contributed by atoms with Gasteiger partial charge in [0.1, 0.15) is 0 Å². The predicted molar refractivity (Wildman–Crippen MR) is 48.9 cm³/mol.